The Labute approximate surface area is 79.7 Å². The minimum absolute atomic E-state index is 0.178. The van der Waals surface area contributed by atoms with Crippen molar-refractivity contribution in [3.63, 3.8) is 0 Å². The van der Waals surface area contributed by atoms with Gasteiger partial charge in [0.1, 0.15) is 0 Å². The predicted octanol–water partition coefficient (Wildman–Crippen LogP) is 1.56. The summed E-state index contributed by atoms with van der Waals surface area (Å²) < 4.78 is 0. The summed E-state index contributed by atoms with van der Waals surface area (Å²) in [6, 6.07) is 0.417. The molecule has 0 radical (unpaired) electrons. The van der Waals surface area contributed by atoms with Gasteiger partial charge in [-0.3, -0.25) is 4.79 Å². The second kappa shape index (κ2) is 4.17. The first-order valence-corrected chi connectivity index (χ1v) is 5.18. The van der Waals surface area contributed by atoms with Crippen LogP contribution in [0.2, 0.25) is 0 Å². The minimum Gasteiger partial charge on any atom is -0.339 e. The number of carbonyl (C=O) groups excluding carboxylic acids is 1. The monoisotopic (exact) mass is 187 g/mol. The number of amides is 1. The summed E-state index contributed by atoms with van der Waals surface area (Å²) in [5.41, 5.74) is 0. The molecule has 1 aliphatic heterocycles. The molecule has 1 amide bonds. The Morgan fingerprint density at radius 1 is 1.50 bits per heavy atom. The molecule has 1 aliphatic rings. The van der Waals surface area contributed by atoms with E-state index in [-0.39, 0.29) is 5.91 Å². The van der Waals surface area contributed by atoms with Gasteiger partial charge in [-0.05, 0) is 25.7 Å². The Balaban J connectivity index is 2.54. The van der Waals surface area contributed by atoms with Gasteiger partial charge in [-0.25, -0.2) is 0 Å². The van der Waals surface area contributed by atoms with Gasteiger partial charge in [-0.2, -0.15) is 12.6 Å². The molecule has 1 saturated heterocycles. The van der Waals surface area contributed by atoms with E-state index in [9.17, 15) is 4.79 Å². The van der Waals surface area contributed by atoms with Crippen molar-refractivity contribution in [2.24, 2.45) is 5.92 Å². The Morgan fingerprint density at radius 3 is 2.75 bits per heavy atom. The number of nitrogens with zero attached hydrogens (tertiary/aromatic N) is 1. The standard InChI is InChI=1S/C9H17NOS/c1-7-3-4-8(2)10(5-7)9(11)6-12/h7-8,12H,3-6H2,1-2H3. The van der Waals surface area contributed by atoms with Gasteiger partial charge in [0.15, 0.2) is 0 Å². The Hall–Kier alpha value is -0.180. The number of thiol groups is 1. The van der Waals surface area contributed by atoms with Crippen LogP contribution >= 0.6 is 12.6 Å². The van der Waals surface area contributed by atoms with E-state index in [1.807, 2.05) is 4.90 Å². The Morgan fingerprint density at radius 2 is 2.17 bits per heavy atom. The fourth-order valence-corrected chi connectivity index (χ4v) is 1.91. The molecule has 0 N–H and O–H groups in total. The van der Waals surface area contributed by atoms with Gasteiger partial charge in [0.25, 0.3) is 0 Å². The van der Waals surface area contributed by atoms with Crippen LogP contribution in [0.15, 0.2) is 0 Å². The third-order valence-electron chi connectivity index (χ3n) is 2.57. The molecule has 1 fully saturated rings. The quantitative estimate of drug-likeness (QED) is 0.618. The lowest BCUT2D eigenvalue weighted by molar-refractivity contribution is -0.132. The van der Waals surface area contributed by atoms with E-state index in [1.54, 1.807) is 0 Å². The highest BCUT2D eigenvalue weighted by Crippen LogP contribution is 2.21. The highest BCUT2D eigenvalue weighted by Gasteiger charge is 2.25. The van der Waals surface area contributed by atoms with Crippen LogP contribution < -0.4 is 0 Å². The number of piperidine rings is 1. The zero-order chi connectivity index (χ0) is 9.14. The van der Waals surface area contributed by atoms with Gasteiger partial charge in [-0.15, -0.1) is 0 Å². The van der Waals surface area contributed by atoms with Crippen molar-refractivity contribution in [1.29, 1.82) is 0 Å². The molecule has 0 aromatic rings. The van der Waals surface area contributed by atoms with Crippen LogP contribution in [0.1, 0.15) is 26.7 Å². The molecular formula is C9H17NOS. The summed E-state index contributed by atoms with van der Waals surface area (Å²) in [5, 5.41) is 0. The molecular weight excluding hydrogens is 170 g/mol. The van der Waals surface area contributed by atoms with E-state index in [2.05, 4.69) is 26.5 Å². The lowest BCUT2D eigenvalue weighted by Crippen LogP contribution is -2.45. The normalized spacial score (nSPS) is 30.4. The highest BCUT2D eigenvalue weighted by atomic mass is 32.1. The number of hydrogen-bond donors (Lipinski definition) is 1. The average molecular weight is 187 g/mol. The van der Waals surface area contributed by atoms with E-state index in [0.29, 0.717) is 17.7 Å². The van der Waals surface area contributed by atoms with E-state index < -0.39 is 0 Å². The van der Waals surface area contributed by atoms with Crippen molar-refractivity contribution < 1.29 is 4.79 Å². The van der Waals surface area contributed by atoms with Gasteiger partial charge in [0.05, 0.1) is 5.75 Å². The summed E-state index contributed by atoms with van der Waals surface area (Å²) in [6.07, 6.45) is 2.39. The van der Waals surface area contributed by atoms with Crippen LogP contribution in [0.3, 0.4) is 0 Å². The molecule has 12 heavy (non-hydrogen) atoms. The topological polar surface area (TPSA) is 20.3 Å². The first kappa shape index (κ1) is 9.90. The van der Waals surface area contributed by atoms with Crippen LogP contribution in [0, 0.1) is 5.92 Å². The van der Waals surface area contributed by atoms with E-state index >= 15 is 0 Å². The Kier molecular flexibility index (Phi) is 3.44. The van der Waals surface area contributed by atoms with E-state index in [0.717, 1.165) is 13.0 Å². The zero-order valence-electron chi connectivity index (χ0n) is 7.79. The lowest BCUT2D eigenvalue weighted by Gasteiger charge is -2.36. The summed E-state index contributed by atoms with van der Waals surface area (Å²) in [6.45, 7) is 5.23. The first-order chi connectivity index (χ1) is 5.65. The summed E-state index contributed by atoms with van der Waals surface area (Å²) >= 11 is 4.00. The molecule has 1 rings (SSSR count). The Bertz CT molecular complexity index is 172. The van der Waals surface area contributed by atoms with Gasteiger partial charge in [0, 0.05) is 12.6 Å². The molecule has 2 unspecified atom stereocenters. The second-order valence-corrected chi connectivity index (χ2v) is 4.05. The van der Waals surface area contributed by atoms with Crippen molar-refractivity contribution in [2.75, 3.05) is 12.3 Å². The maximum atomic E-state index is 11.4. The molecule has 3 heteroatoms. The third-order valence-corrected chi connectivity index (χ3v) is 2.84. The third kappa shape index (κ3) is 2.16. The maximum Gasteiger partial charge on any atom is 0.232 e. The first-order valence-electron chi connectivity index (χ1n) is 4.55. The molecule has 2 nitrogen and oxygen atoms in total. The van der Waals surface area contributed by atoms with Crippen molar-refractivity contribution >= 4 is 18.5 Å². The molecule has 0 spiro atoms. The molecule has 70 valence electrons. The van der Waals surface area contributed by atoms with Crippen LogP contribution in [0.4, 0.5) is 0 Å². The number of rotatable bonds is 1. The molecule has 0 saturated carbocycles. The van der Waals surface area contributed by atoms with Gasteiger partial charge in [-0.1, -0.05) is 6.92 Å². The number of likely N-dealkylation sites (tertiary alicyclic amines) is 1. The van der Waals surface area contributed by atoms with Crippen molar-refractivity contribution in [2.45, 2.75) is 32.7 Å². The van der Waals surface area contributed by atoms with Gasteiger partial charge in [0.2, 0.25) is 5.91 Å². The van der Waals surface area contributed by atoms with Crippen molar-refractivity contribution in [1.82, 2.24) is 4.90 Å². The molecule has 2 atom stereocenters. The number of hydrogen-bond acceptors (Lipinski definition) is 2. The largest absolute Gasteiger partial charge is 0.339 e. The van der Waals surface area contributed by atoms with Gasteiger partial charge >= 0.3 is 0 Å². The molecule has 1 heterocycles. The zero-order valence-corrected chi connectivity index (χ0v) is 8.68. The minimum atomic E-state index is 0.178. The van der Waals surface area contributed by atoms with E-state index in [1.165, 1.54) is 6.42 Å². The number of carbonyl (C=O) groups is 1. The molecule has 0 aliphatic carbocycles. The molecule has 0 aromatic carbocycles. The smallest absolute Gasteiger partial charge is 0.232 e. The average Bonchev–Trinajstić information content (AvgIpc) is 2.08. The van der Waals surface area contributed by atoms with E-state index in [4.69, 9.17) is 0 Å². The second-order valence-electron chi connectivity index (χ2n) is 3.74. The molecule has 0 bridgehead atoms. The summed E-state index contributed by atoms with van der Waals surface area (Å²) in [5.74, 6) is 1.18. The van der Waals surface area contributed by atoms with Gasteiger partial charge < -0.3 is 4.90 Å². The van der Waals surface area contributed by atoms with Crippen LogP contribution in [0.25, 0.3) is 0 Å². The van der Waals surface area contributed by atoms with Crippen molar-refractivity contribution in [3.8, 4) is 0 Å². The highest BCUT2D eigenvalue weighted by molar-refractivity contribution is 7.81. The summed E-state index contributed by atoms with van der Waals surface area (Å²) in [7, 11) is 0. The SMILES string of the molecule is CC1CCC(C)N(C(=O)CS)C1. The van der Waals surface area contributed by atoms with Crippen LogP contribution in [-0.4, -0.2) is 29.1 Å². The summed E-state index contributed by atoms with van der Waals surface area (Å²) in [4.78, 5) is 13.3. The fraction of sp³-hybridized carbons (Fsp3) is 0.889. The lowest BCUT2D eigenvalue weighted by atomic mass is 9.95. The molecule has 0 aromatic heterocycles. The predicted molar refractivity (Wildman–Crippen MR) is 53.4 cm³/mol. The fourth-order valence-electron chi connectivity index (χ4n) is 1.73. The van der Waals surface area contributed by atoms with Crippen molar-refractivity contribution in [3.05, 3.63) is 0 Å². The van der Waals surface area contributed by atoms with Crippen LogP contribution in [0.5, 0.6) is 0 Å². The maximum absolute atomic E-state index is 11.4. The van der Waals surface area contributed by atoms with Crippen LogP contribution in [-0.2, 0) is 4.79 Å².